The summed E-state index contributed by atoms with van der Waals surface area (Å²) in [4.78, 5) is 34.4. The van der Waals surface area contributed by atoms with E-state index in [9.17, 15) is 14.4 Å². The number of hydrogen-bond acceptors (Lipinski definition) is 4. The van der Waals surface area contributed by atoms with E-state index in [1.54, 1.807) is 6.92 Å². The lowest BCUT2D eigenvalue weighted by atomic mass is 10.0. The predicted molar refractivity (Wildman–Crippen MR) is 115 cm³/mol. The van der Waals surface area contributed by atoms with E-state index in [4.69, 9.17) is 5.73 Å². The summed E-state index contributed by atoms with van der Waals surface area (Å²) in [6.45, 7) is 8.15. The summed E-state index contributed by atoms with van der Waals surface area (Å²) in [5.41, 5.74) is 6.39. The minimum absolute atomic E-state index is 0.261. The number of nitrogens with two attached hydrogens (primary N) is 1. The van der Waals surface area contributed by atoms with E-state index < -0.39 is 18.0 Å². The van der Waals surface area contributed by atoms with Gasteiger partial charge >= 0.3 is 0 Å². The Balaban J connectivity index is 0.000000248. The summed E-state index contributed by atoms with van der Waals surface area (Å²) in [5, 5.41) is 5.64. The van der Waals surface area contributed by atoms with Crippen LogP contribution in [0.25, 0.3) is 0 Å². The van der Waals surface area contributed by atoms with Crippen LogP contribution in [0.5, 0.6) is 0 Å². The molecule has 1 aromatic rings. The second-order valence-electron chi connectivity index (χ2n) is 7.29. The molecule has 1 aromatic carbocycles. The summed E-state index contributed by atoms with van der Waals surface area (Å²) in [5.74, 6) is -0.748. The zero-order valence-corrected chi connectivity index (χ0v) is 17.5. The van der Waals surface area contributed by atoms with Crippen LogP contribution in [0.3, 0.4) is 0 Å². The molecule has 0 spiro atoms. The van der Waals surface area contributed by atoms with Crippen molar-refractivity contribution in [2.24, 2.45) is 5.73 Å². The number of primary amides is 1. The first kappa shape index (κ1) is 24.2. The molecule has 160 valence electrons. The first-order chi connectivity index (χ1) is 13.9. The number of carbonyl (C=O) groups excluding carboxylic acids is 3. The average Bonchev–Trinajstić information content (AvgIpc) is 3.20. The number of amides is 3. The van der Waals surface area contributed by atoms with Gasteiger partial charge in [0.25, 0.3) is 0 Å². The summed E-state index contributed by atoms with van der Waals surface area (Å²) in [6, 6.07) is 11.5. The molecular formula is C22H34N4O3. The van der Waals surface area contributed by atoms with Crippen molar-refractivity contribution in [3.05, 3.63) is 48.7 Å². The van der Waals surface area contributed by atoms with Gasteiger partial charge in [-0.25, -0.2) is 0 Å². The van der Waals surface area contributed by atoms with E-state index in [1.165, 1.54) is 29.9 Å². The number of piperidine rings is 1. The van der Waals surface area contributed by atoms with Crippen LogP contribution in [0.15, 0.2) is 48.7 Å². The standard InChI is InChI=1S/C9H15N3O3.C7H13N.C6H6/c1-6(11-5-13)9(15)12-4-2-3-7(12)8(10)14;1-6-4-3-5-7(2)8-6;1-2-4-6-5-3-1/h5-7H,2-4H2,1H3,(H2,10,14)(H,11,13);7-8H,1,3-5H2,2H3;1-6H. The molecule has 2 heterocycles. The third kappa shape index (κ3) is 9.27. The highest BCUT2D eigenvalue weighted by molar-refractivity contribution is 5.90. The summed E-state index contributed by atoms with van der Waals surface area (Å²) >= 11 is 0. The maximum Gasteiger partial charge on any atom is 0.245 e. The fourth-order valence-corrected chi connectivity index (χ4v) is 3.25. The number of allylic oxidation sites excluding steroid dienone is 1. The van der Waals surface area contributed by atoms with E-state index in [0.29, 0.717) is 25.4 Å². The van der Waals surface area contributed by atoms with Crippen LogP contribution >= 0.6 is 0 Å². The van der Waals surface area contributed by atoms with E-state index in [0.717, 1.165) is 6.42 Å². The van der Waals surface area contributed by atoms with Gasteiger partial charge in [-0.2, -0.15) is 0 Å². The molecular weight excluding hydrogens is 368 g/mol. The lowest BCUT2D eigenvalue weighted by molar-refractivity contribution is -0.139. The molecule has 0 radical (unpaired) electrons. The highest BCUT2D eigenvalue weighted by atomic mass is 16.2. The molecule has 3 rings (SSSR count). The largest absolute Gasteiger partial charge is 0.386 e. The molecule has 0 aromatic heterocycles. The van der Waals surface area contributed by atoms with Crippen LogP contribution < -0.4 is 16.4 Å². The molecule has 0 bridgehead atoms. The molecule has 2 saturated heterocycles. The minimum Gasteiger partial charge on any atom is -0.386 e. The molecule has 29 heavy (non-hydrogen) atoms. The second-order valence-corrected chi connectivity index (χ2v) is 7.29. The SMILES string of the molecule is C=C1CCCC(C)N1.CC(NC=O)C(=O)N1CCCC1C(N)=O.c1ccccc1. The van der Waals surface area contributed by atoms with Gasteiger partial charge in [0, 0.05) is 18.3 Å². The Bertz CT molecular complexity index is 624. The topological polar surface area (TPSA) is 105 Å². The average molecular weight is 403 g/mol. The molecule has 7 nitrogen and oxygen atoms in total. The first-order valence-electron chi connectivity index (χ1n) is 10.1. The molecule has 2 aliphatic rings. The van der Waals surface area contributed by atoms with E-state index in [2.05, 4.69) is 24.1 Å². The number of likely N-dealkylation sites (tertiary alicyclic amines) is 1. The van der Waals surface area contributed by atoms with E-state index in [1.807, 2.05) is 36.4 Å². The van der Waals surface area contributed by atoms with E-state index >= 15 is 0 Å². The Hall–Kier alpha value is -2.83. The Morgan fingerprint density at radius 2 is 1.79 bits per heavy atom. The van der Waals surface area contributed by atoms with Gasteiger partial charge in [-0.05, 0) is 46.0 Å². The van der Waals surface area contributed by atoms with Crippen molar-refractivity contribution in [3.8, 4) is 0 Å². The Morgan fingerprint density at radius 3 is 2.21 bits per heavy atom. The molecule has 3 atom stereocenters. The number of hydrogen-bond donors (Lipinski definition) is 3. The maximum atomic E-state index is 11.7. The van der Waals surface area contributed by atoms with Crippen LogP contribution in [-0.2, 0) is 14.4 Å². The van der Waals surface area contributed by atoms with Crippen molar-refractivity contribution in [2.75, 3.05) is 6.54 Å². The summed E-state index contributed by atoms with van der Waals surface area (Å²) in [7, 11) is 0. The Labute approximate surface area is 173 Å². The van der Waals surface area contributed by atoms with Gasteiger partial charge in [-0.15, -0.1) is 0 Å². The highest BCUT2D eigenvalue weighted by Crippen LogP contribution is 2.17. The second kappa shape index (κ2) is 13.4. The molecule has 0 saturated carbocycles. The number of nitrogens with one attached hydrogen (secondary N) is 2. The van der Waals surface area contributed by atoms with Crippen molar-refractivity contribution < 1.29 is 14.4 Å². The smallest absolute Gasteiger partial charge is 0.245 e. The van der Waals surface area contributed by atoms with Gasteiger partial charge in [0.15, 0.2) is 0 Å². The maximum absolute atomic E-state index is 11.7. The lowest BCUT2D eigenvalue weighted by Gasteiger charge is -2.25. The van der Waals surface area contributed by atoms with Crippen molar-refractivity contribution >= 4 is 18.2 Å². The zero-order chi connectivity index (χ0) is 21.6. The Kier molecular flexibility index (Phi) is 11.2. The quantitative estimate of drug-likeness (QED) is 0.670. The normalized spacial score (nSPS) is 21.3. The van der Waals surface area contributed by atoms with Crippen molar-refractivity contribution in [3.63, 3.8) is 0 Å². The van der Waals surface area contributed by atoms with Gasteiger partial charge in [0.05, 0.1) is 0 Å². The van der Waals surface area contributed by atoms with Crippen LogP contribution in [0.1, 0.15) is 46.0 Å². The highest BCUT2D eigenvalue weighted by Gasteiger charge is 2.34. The van der Waals surface area contributed by atoms with Crippen molar-refractivity contribution in [2.45, 2.75) is 64.1 Å². The Morgan fingerprint density at radius 1 is 1.21 bits per heavy atom. The number of carbonyl (C=O) groups is 3. The summed E-state index contributed by atoms with van der Waals surface area (Å²) < 4.78 is 0. The zero-order valence-electron chi connectivity index (χ0n) is 17.5. The molecule has 0 aliphatic carbocycles. The van der Waals surface area contributed by atoms with Crippen LogP contribution in [0.4, 0.5) is 0 Å². The minimum atomic E-state index is -0.609. The monoisotopic (exact) mass is 402 g/mol. The molecule has 4 N–H and O–H groups in total. The van der Waals surface area contributed by atoms with E-state index in [-0.39, 0.29) is 5.91 Å². The van der Waals surface area contributed by atoms with Crippen LogP contribution in [0, 0.1) is 0 Å². The van der Waals surface area contributed by atoms with Crippen LogP contribution in [-0.4, -0.2) is 47.8 Å². The summed E-state index contributed by atoms with van der Waals surface area (Å²) in [6.07, 6.45) is 5.64. The predicted octanol–water partition coefficient (Wildman–Crippen LogP) is 1.95. The molecule has 3 unspecified atom stereocenters. The van der Waals surface area contributed by atoms with Gasteiger partial charge in [0.2, 0.25) is 18.2 Å². The lowest BCUT2D eigenvalue weighted by Crippen LogP contribution is -2.50. The molecule has 7 heteroatoms. The fourth-order valence-electron chi connectivity index (χ4n) is 3.25. The molecule has 2 aliphatic heterocycles. The number of nitrogens with zero attached hydrogens (tertiary/aromatic N) is 1. The van der Waals surface area contributed by atoms with Crippen molar-refractivity contribution in [1.29, 1.82) is 0 Å². The third-order valence-corrected chi connectivity index (χ3v) is 4.79. The van der Waals surface area contributed by atoms with Crippen LogP contribution in [0.2, 0.25) is 0 Å². The fraction of sp³-hybridized carbons (Fsp3) is 0.500. The first-order valence-corrected chi connectivity index (χ1v) is 10.1. The number of rotatable bonds is 4. The molecule has 3 amide bonds. The van der Waals surface area contributed by atoms with Gasteiger partial charge in [0.1, 0.15) is 12.1 Å². The van der Waals surface area contributed by atoms with Gasteiger partial charge < -0.3 is 21.3 Å². The van der Waals surface area contributed by atoms with Gasteiger partial charge in [-0.1, -0.05) is 43.0 Å². The van der Waals surface area contributed by atoms with Crippen molar-refractivity contribution in [1.82, 2.24) is 15.5 Å². The third-order valence-electron chi connectivity index (χ3n) is 4.79. The number of benzene rings is 1. The van der Waals surface area contributed by atoms with Gasteiger partial charge in [-0.3, -0.25) is 14.4 Å². The molecule has 2 fully saturated rings.